The molecule has 1 aliphatic carbocycles. The molecule has 168 valence electrons. The Hall–Kier alpha value is -2.54. The summed E-state index contributed by atoms with van der Waals surface area (Å²) in [5.41, 5.74) is 10.5. The molecule has 0 aliphatic heterocycles. The highest BCUT2D eigenvalue weighted by Crippen LogP contribution is 2.29. The number of hydrogen-bond donors (Lipinski definition) is 3. The molecule has 2 aromatic rings. The van der Waals surface area contributed by atoms with E-state index in [1.165, 1.54) is 17.7 Å². The Labute approximate surface area is 182 Å². The first-order valence-electron chi connectivity index (χ1n) is 10.7. The van der Waals surface area contributed by atoms with E-state index < -0.39 is 11.7 Å². The van der Waals surface area contributed by atoms with Gasteiger partial charge < -0.3 is 16.4 Å². The van der Waals surface area contributed by atoms with Gasteiger partial charge in [-0.05, 0) is 75.3 Å². The smallest absolute Gasteiger partial charge is 0.353 e. The lowest BCUT2D eigenvalue weighted by Gasteiger charge is -2.28. The molecule has 3 rings (SSSR count). The summed E-state index contributed by atoms with van der Waals surface area (Å²) < 4.78 is 38.4. The van der Waals surface area contributed by atoms with E-state index in [1.807, 2.05) is 0 Å². The van der Waals surface area contributed by atoms with Crippen LogP contribution in [0.2, 0.25) is 0 Å². The number of benzene rings is 2. The van der Waals surface area contributed by atoms with Gasteiger partial charge >= 0.3 is 6.18 Å². The average Bonchev–Trinajstić information content (AvgIpc) is 2.70. The number of anilines is 1. The SMILES string of the molecule is Cc1cc(C)c(NC(=NCc2ccc(C(F)(F)F)cc2)NC2CCC(N)CC2)c(C)c1. The van der Waals surface area contributed by atoms with Crippen molar-refractivity contribution in [1.82, 2.24) is 5.32 Å². The predicted molar refractivity (Wildman–Crippen MR) is 120 cm³/mol. The zero-order valence-corrected chi connectivity index (χ0v) is 18.3. The third-order valence-corrected chi connectivity index (χ3v) is 5.73. The molecule has 1 saturated carbocycles. The first-order valence-corrected chi connectivity index (χ1v) is 10.7. The van der Waals surface area contributed by atoms with Crippen LogP contribution in [-0.4, -0.2) is 18.0 Å². The summed E-state index contributed by atoms with van der Waals surface area (Å²) in [5.74, 6) is 0.635. The fourth-order valence-electron chi connectivity index (χ4n) is 4.04. The Balaban J connectivity index is 1.79. The number of nitrogens with two attached hydrogens (primary N) is 1. The van der Waals surface area contributed by atoms with Gasteiger partial charge in [-0.3, -0.25) is 0 Å². The Morgan fingerprint density at radius 1 is 1.00 bits per heavy atom. The van der Waals surface area contributed by atoms with Crippen LogP contribution in [-0.2, 0) is 12.7 Å². The van der Waals surface area contributed by atoms with Crippen LogP contribution in [0.5, 0.6) is 0 Å². The summed E-state index contributed by atoms with van der Waals surface area (Å²) in [5, 5.41) is 6.94. The Morgan fingerprint density at radius 2 is 1.58 bits per heavy atom. The highest BCUT2D eigenvalue weighted by Gasteiger charge is 2.29. The van der Waals surface area contributed by atoms with Crippen molar-refractivity contribution in [2.75, 3.05) is 5.32 Å². The largest absolute Gasteiger partial charge is 0.416 e. The molecule has 1 aliphatic rings. The molecule has 0 saturated heterocycles. The van der Waals surface area contributed by atoms with Crippen molar-refractivity contribution in [2.24, 2.45) is 10.7 Å². The van der Waals surface area contributed by atoms with Crippen LogP contribution in [0, 0.1) is 20.8 Å². The fraction of sp³-hybridized carbons (Fsp3) is 0.458. The van der Waals surface area contributed by atoms with Gasteiger partial charge in [-0.2, -0.15) is 13.2 Å². The number of hydrogen-bond acceptors (Lipinski definition) is 2. The average molecular weight is 433 g/mol. The maximum Gasteiger partial charge on any atom is 0.416 e. The second-order valence-electron chi connectivity index (χ2n) is 8.51. The van der Waals surface area contributed by atoms with E-state index in [0.717, 1.165) is 60.2 Å². The van der Waals surface area contributed by atoms with Crippen LogP contribution in [0.1, 0.15) is 53.5 Å². The van der Waals surface area contributed by atoms with Crippen molar-refractivity contribution in [2.45, 2.75) is 71.3 Å². The molecule has 0 spiro atoms. The zero-order chi connectivity index (χ0) is 22.6. The van der Waals surface area contributed by atoms with E-state index in [4.69, 9.17) is 5.73 Å². The minimum atomic E-state index is -4.33. The van der Waals surface area contributed by atoms with E-state index in [2.05, 4.69) is 48.5 Å². The lowest BCUT2D eigenvalue weighted by atomic mass is 9.92. The van der Waals surface area contributed by atoms with Crippen LogP contribution >= 0.6 is 0 Å². The van der Waals surface area contributed by atoms with Crippen molar-refractivity contribution >= 4 is 11.6 Å². The molecule has 0 amide bonds. The molecule has 7 heteroatoms. The highest BCUT2D eigenvalue weighted by atomic mass is 19.4. The molecule has 1 fully saturated rings. The van der Waals surface area contributed by atoms with Gasteiger partial charge in [-0.25, -0.2) is 4.99 Å². The van der Waals surface area contributed by atoms with Crippen molar-refractivity contribution in [1.29, 1.82) is 0 Å². The number of rotatable bonds is 4. The molecule has 0 heterocycles. The van der Waals surface area contributed by atoms with E-state index in [9.17, 15) is 13.2 Å². The van der Waals surface area contributed by atoms with Gasteiger partial charge in [0.05, 0.1) is 12.1 Å². The number of alkyl halides is 3. The predicted octanol–water partition coefficient (Wildman–Crippen LogP) is 5.46. The monoisotopic (exact) mass is 432 g/mol. The van der Waals surface area contributed by atoms with Crippen LogP contribution < -0.4 is 16.4 Å². The minimum Gasteiger partial charge on any atom is -0.353 e. The second-order valence-corrected chi connectivity index (χ2v) is 8.51. The maximum atomic E-state index is 12.8. The molecular formula is C24H31F3N4. The van der Waals surface area contributed by atoms with Gasteiger partial charge in [-0.15, -0.1) is 0 Å². The lowest BCUT2D eigenvalue weighted by molar-refractivity contribution is -0.137. The zero-order valence-electron chi connectivity index (χ0n) is 18.3. The quantitative estimate of drug-likeness (QED) is 0.444. The van der Waals surface area contributed by atoms with Crippen LogP contribution in [0.25, 0.3) is 0 Å². The van der Waals surface area contributed by atoms with Crippen LogP contribution in [0.3, 0.4) is 0 Å². The summed E-state index contributed by atoms with van der Waals surface area (Å²) in [6.45, 7) is 6.45. The van der Waals surface area contributed by atoms with E-state index in [1.54, 1.807) is 0 Å². The molecule has 0 unspecified atom stereocenters. The van der Waals surface area contributed by atoms with Crippen LogP contribution in [0.4, 0.5) is 18.9 Å². The third-order valence-electron chi connectivity index (χ3n) is 5.73. The number of nitrogens with one attached hydrogen (secondary N) is 2. The molecular weight excluding hydrogens is 401 g/mol. The molecule has 4 nitrogen and oxygen atoms in total. The number of aryl methyl sites for hydroxylation is 3. The number of halogens is 3. The summed E-state index contributed by atoms with van der Waals surface area (Å²) in [6, 6.07) is 9.90. The number of aliphatic imine (C=N–C) groups is 1. The summed E-state index contributed by atoms with van der Waals surface area (Å²) in [6.07, 6.45) is -0.473. The topological polar surface area (TPSA) is 62.4 Å². The molecule has 0 aromatic heterocycles. The standard InChI is InChI=1S/C24H31F3N4/c1-15-12-16(2)22(17(3)13-15)31-23(30-21-10-8-20(28)9-11-21)29-14-18-4-6-19(7-5-18)24(25,26)27/h4-7,12-13,20-21H,8-11,14,28H2,1-3H3,(H2,29,30,31). The van der Waals surface area contributed by atoms with Gasteiger partial charge in [0.1, 0.15) is 0 Å². The molecule has 31 heavy (non-hydrogen) atoms. The molecule has 0 bridgehead atoms. The van der Waals surface area contributed by atoms with E-state index in [-0.39, 0.29) is 18.6 Å². The highest BCUT2D eigenvalue weighted by molar-refractivity contribution is 5.95. The first-order chi connectivity index (χ1) is 14.6. The Morgan fingerprint density at radius 3 is 2.13 bits per heavy atom. The third kappa shape index (κ3) is 6.47. The molecule has 0 radical (unpaired) electrons. The Kier molecular flexibility index (Phi) is 7.26. The van der Waals surface area contributed by atoms with Crippen molar-refractivity contribution in [3.63, 3.8) is 0 Å². The second kappa shape index (κ2) is 9.73. The lowest BCUT2D eigenvalue weighted by Crippen LogP contribution is -2.43. The summed E-state index contributed by atoms with van der Waals surface area (Å²) in [7, 11) is 0. The van der Waals surface area contributed by atoms with Crippen molar-refractivity contribution in [3.8, 4) is 0 Å². The molecule has 2 aromatic carbocycles. The van der Waals surface area contributed by atoms with Crippen molar-refractivity contribution < 1.29 is 13.2 Å². The van der Waals surface area contributed by atoms with Gasteiger partial charge in [-0.1, -0.05) is 29.8 Å². The van der Waals surface area contributed by atoms with Crippen LogP contribution in [0.15, 0.2) is 41.4 Å². The summed E-state index contributed by atoms with van der Waals surface area (Å²) >= 11 is 0. The molecule has 0 atom stereocenters. The minimum absolute atomic E-state index is 0.250. The summed E-state index contributed by atoms with van der Waals surface area (Å²) in [4.78, 5) is 4.68. The van der Waals surface area contributed by atoms with Gasteiger partial charge in [0.2, 0.25) is 0 Å². The molecule has 4 N–H and O–H groups in total. The van der Waals surface area contributed by atoms with E-state index in [0.29, 0.717) is 5.96 Å². The van der Waals surface area contributed by atoms with Crippen molar-refractivity contribution in [3.05, 3.63) is 64.2 Å². The van der Waals surface area contributed by atoms with Gasteiger partial charge in [0.25, 0.3) is 0 Å². The number of guanidine groups is 1. The number of nitrogens with zero attached hydrogens (tertiary/aromatic N) is 1. The maximum absolute atomic E-state index is 12.8. The Bertz CT molecular complexity index is 888. The van der Waals surface area contributed by atoms with E-state index >= 15 is 0 Å². The normalized spacial score (nSPS) is 19.9. The van der Waals surface area contributed by atoms with Gasteiger partial charge in [0, 0.05) is 17.8 Å². The fourth-order valence-corrected chi connectivity index (χ4v) is 4.04. The van der Waals surface area contributed by atoms with Gasteiger partial charge in [0.15, 0.2) is 5.96 Å². The first kappa shape index (κ1) is 23.1.